The zero-order chi connectivity index (χ0) is 17.4. The summed E-state index contributed by atoms with van der Waals surface area (Å²) >= 11 is 5.77. The SMILES string of the molecule is Oc1cc(Cl)cc(F)c1-c1nnc(NCC2CCCO2)n2cccc12. The molecule has 0 bridgehead atoms. The number of phenolic OH excluding ortho intramolecular Hbond substituents is 1. The minimum atomic E-state index is -0.650. The van der Waals surface area contributed by atoms with Gasteiger partial charge < -0.3 is 15.2 Å². The van der Waals surface area contributed by atoms with Gasteiger partial charge in [0.05, 0.1) is 17.2 Å². The monoisotopic (exact) mass is 362 g/mol. The molecule has 1 aromatic carbocycles. The first kappa shape index (κ1) is 16.1. The van der Waals surface area contributed by atoms with E-state index < -0.39 is 5.82 Å². The molecular weight excluding hydrogens is 347 g/mol. The third-order valence-corrected chi connectivity index (χ3v) is 4.47. The van der Waals surface area contributed by atoms with E-state index in [2.05, 4.69) is 15.5 Å². The first-order valence-corrected chi connectivity index (χ1v) is 8.39. The quantitative estimate of drug-likeness (QED) is 0.743. The van der Waals surface area contributed by atoms with Crippen molar-refractivity contribution in [3.05, 3.63) is 41.3 Å². The van der Waals surface area contributed by atoms with E-state index in [1.54, 1.807) is 16.7 Å². The first-order chi connectivity index (χ1) is 12.1. The lowest BCUT2D eigenvalue weighted by Gasteiger charge is -2.14. The Morgan fingerprint density at radius 2 is 2.28 bits per heavy atom. The van der Waals surface area contributed by atoms with E-state index in [0.29, 0.717) is 18.0 Å². The van der Waals surface area contributed by atoms with Crippen LogP contribution in [0.5, 0.6) is 5.75 Å². The van der Waals surface area contributed by atoms with Crippen molar-refractivity contribution >= 4 is 23.1 Å². The van der Waals surface area contributed by atoms with E-state index >= 15 is 0 Å². The Balaban J connectivity index is 1.73. The Labute approximate surface area is 148 Å². The highest BCUT2D eigenvalue weighted by molar-refractivity contribution is 6.30. The highest BCUT2D eigenvalue weighted by atomic mass is 35.5. The number of nitrogens with zero attached hydrogens (tertiary/aromatic N) is 3. The van der Waals surface area contributed by atoms with Crippen LogP contribution >= 0.6 is 11.6 Å². The molecule has 0 saturated carbocycles. The zero-order valence-electron chi connectivity index (χ0n) is 13.2. The van der Waals surface area contributed by atoms with Gasteiger partial charge in [-0.05, 0) is 37.1 Å². The van der Waals surface area contributed by atoms with Crippen LogP contribution in [0.3, 0.4) is 0 Å². The highest BCUT2D eigenvalue weighted by Crippen LogP contribution is 2.35. The maximum absolute atomic E-state index is 14.3. The fourth-order valence-corrected chi connectivity index (χ4v) is 3.26. The van der Waals surface area contributed by atoms with E-state index in [9.17, 15) is 9.50 Å². The molecule has 1 fully saturated rings. The second-order valence-corrected chi connectivity index (χ2v) is 6.37. The molecular formula is C17H16ClFN4O2. The smallest absolute Gasteiger partial charge is 0.227 e. The molecule has 0 spiro atoms. The molecule has 6 nitrogen and oxygen atoms in total. The van der Waals surface area contributed by atoms with Gasteiger partial charge in [0.15, 0.2) is 0 Å². The maximum Gasteiger partial charge on any atom is 0.227 e. The third kappa shape index (κ3) is 3.01. The molecule has 1 saturated heterocycles. The number of hydrogen-bond acceptors (Lipinski definition) is 5. The number of nitrogens with one attached hydrogen (secondary N) is 1. The summed E-state index contributed by atoms with van der Waals surface area (Å²) in [5, 5.41) is 21.7. The van der Waals surface area contributed by atoms with Crippen molar-refractivity contribution in [2.24, 2.45) is 0 Å². The topological polar surface area (TPSA) is 71.7 Å². The van der Waals surface area contributed by atoms with Crippen LogP contribution in [0.2, 0.25) is 5.02 Å². The van der Waals surface area contributed by atoms with Crippen molar-refractivity contribution < 1.29 is 14.2 Å². The molecule has 3 aromatic rings. The molecule has 2 aromatic heterocycles. The number of benzene rings is 1. The van der Waals surface area contributed by atoms with E-state index in [-0.39, 0.29) is 28.1 Å². The molecule has 25 heavy (non-hydrogen) atoms. The number of ether oxygens (including phenoxy) is 1. The van der Waals surface area contributed by atoms with Gasteiger partial charge >= 0.3 is 0 Å². The average molecular weight is 363 g/mol. The van der Waals surface area contributed by atoms with Gasteiger partial charge in [0.25, 0.3) is 0 Å². The summed E-state index contributed by atoms with van der Waals surface area (Å²) in [6.07, 6.45) is 4.03. The molecule has 0 radical (unpaired) electrons. The summed E-state index contributed by atoms with van der Waals surface area (Å²) in [6.45, 7) is 1.41. The zero-order valence-corrected chi connectivity index (χ0v) is 14.0. The standard InChI is InChI=1S/C17H16ClFN4O2/c18-10-7-12(19)15(14(24)8-10)16-13-4-1-5-23(13)17(22-21-16)20-9-11-3-2-6-25-11/h1,4-5,7-8,11,24H,2-3,6,9H2,(H,20,22). The molecule has 2 N–H and O–H groups in total. The summed E-state index contributed by atoms with van der Waals surface area (Å²) in [7, 11) is 0. The first-order valence-electron chi connectivity index (χ1n) is 8.01. The average Bonchev–Trinajstić information content (AvgIpc) is 3.24. The summed E-state index contributed by atoms with van der Waals surface area (Å²) < 4.78 is 21.7. The second kappa shape index (κ2) is 6.50. The predicted molar refractivity (Wildman–Crippen MR) is 92.5 cm³/mol. The van der Waals surface area contributed by atoms with Gasteiger partial charge in [0, 0.05) is 24.4 Å². The fraction of sp³-hybridized carbons (Fsp3) is 0.294. The molecule has 3 heterocycles. The van der Waals surface area contributed by atoms with Crippen LogP contribution in [0.25, 0.3) is 16.8 Å². The molecule has 1 aliphatic heterocycles. The van der Waals surface area contributed by atoms with Crippen LogP contribution < -0.4 is 5.32 Å². The summed E-state index contributed by atoms with van der Waals surface area (Å²) in [4.78, 5) is 0. The lowest BCUT2D eigenvalue weighted by Crippen LogP contribution is -2.20. The van der Waals surface area contributed by atoms with Gasteiger partial charge in [-0.1, -0.05) is 11.6 Å². The summed E-state index contributed by atoms with van der Waals surface area (Å²) in [6, 6.07) is 6.02. The molecule has 0 aliphatic carbocycles. The van der Waals surface area contributed by atoms with Gasteiger partial charge in [-0.15, -0.1) is 10.2 Å². The van der Waals surface area contributed by atoms with E-state index in [1.165, 1.54) is 6.07 Å². The Hall–Kier alpha value is -2.38. The Bertz CT molecular complexity index is 901. The van der Waals surface area contributed by atoms with Crippen LogP contribution in [-0.2, 0) is 4.74 Å². The van der Waals surface area contributed by atoms with Gasteiger partial charge in [-0.3, -0.25) is 4.40 Å². The van der Waals surface area contributed by atoms with Crippen molar-refractivity contribution in [3.63, 3.8) is 0 Å². The number of aromatic nitrogens is 3. The molecule has 0 amide bonds. The maximum atomic E-state index is 14.3. The number of aromatic hydroxyl groups is 1. The van der Waals surface area contributed by atoms with Crippen LogP contribution in [0.15, 0.2) is 30.5 Å². The summed E-state index contributed by atoms with van der Waals surface area (Å²) in [5.41, 5.74) is 0.854. The molecule has 8 heteroatoms. The van der Waals surface area contributed by atoms with Crippen molar-refractivity contribution in [3.8, 4) is 17.0 Å². The van der Waals surface area contributed by atoms with Gasteiger partial charge in [0.1, 0.15) is 17.3 Å². The lowest BCUT2D eigenvalue weighted by molar-refractivity contribution is 0.120. The van der Waals surface area contributed by atoms with Crippen LogP contribution in [-0.4, -0.2) is 39.0 Å². The molecule has 1 atom stereocenters. The van der Waals surface area contributed by atoms with E-state index in [1.807, 2.05) is 6.07 Å². The number of halogens is 2. The second-order valence-electron chi connectivity index (χ2n) is 5.93. The molecule has 130 valence electrons. The molecule has 4 rings (SSSR count). The number of rotatable bonds is 4. The van der Waals surface area contributed by atoms with Crippen LogP contribution in [0, 0.1) is 5.82 Å². The van der Waals surface area contributed by atoms with Crippen LogP contribution in [0.4, 0.5) is 10.3 Å². The van der Waals surface area contributed by atoms with Crippen molar-refractivity contribution in [1.82, 2.24) is 14.6 Å². The van der Waals surface area contributed by atoms with E-state index in [0.717, 1.165) is 25.5 Å². The Kier molecular flexibility index (Phi) is 4.19. The number of hydrogen-bond donors (Lipinski definition) is 2. The minimum Gasteiger partial charge on any atom is -0.507 e. The minimum absolute atomic E-state index is 0.0220. The largest absolute Gasteiger partial charge is 0.507 e. The van der Waals surface area contributed by atoms with Crippen molar-refractivity contribution in [2.75, 3.05) is 18.5 Å². The van der Waals surface area contributed by atoms with Crippen molar-refractivity contribution in [2.45, 2.75) is 18.9 Å². The van der Waals surface area contributed by atoms with Gasteiger partial charge in [0.2, 0.25) is 5.95 Å². The third-order valence-electron chi connectivity index (χ3n) is 4.25. The van der Waals surface area contributed by atoms with Gasteiger partial charge in [-0.25, -0.2) is 4.39 Å². The normalized spacial score (nSPS) is 17.3. The lowest BCUT2D eigenvalue weighted by atomic mass is 10.1. The molecule has 1 aliphatic rings. The highest BCUT2D eigenvalue weighted by Gasteiger charge is 2.20. The van der Waals surface area contributed by atoms with Crippen molar-refractivity contribution in [1.29, 1.82) is 0 Å². The van der Waals surface area contributed by atoms with Gasteiger partial charge in [-0.2, -0.15) is 0 Å². The van der Waals surface area contributed by atoms with E-state index in [4.69, 9.17) is 16.3 Å². The predicted octanol–water partition coefficient (Wildman–Crippen LogP) is 3.49. The Morgan fingerprint density at radius 1 is 1.40 bits per heavy atom. The number of phenols is 1. The molecule has 1 unspecified atom stereocenters. The van der Waals surface area contributed by atoms with Crippen LogP contribution in [0.1, 0.15) is 12.8 Å². The fourth-order valence-electron chi connectivity index (χ4n) is 3.06. The Morgan fingerprint density at radius 3 is 3.04 bits per heavy atom. The number of fused-ring (bicyclic) bond motifs is 1. The number of anilines is 1. The summed E-state index contributed by atoms with van der Waals surface area (Å²) in [5.74, 6) is -0.391.